The molecule has 1 nitrogen and oxygen atoms in total. The van der Waals surface area contributed by atoms with E-state index in [9.17, 15) is 0 Å². The maximum absolute atomic E-state index is 5.33. The maximum Gasteiger partial charge on any atom is 0.118 e. The van der Waals surface area contributed by atoms with Crippen LogP contribution >= 0.6 is 0 Å². The Kier molecular flexibility index (Phi) is 4.03. The summed E-state index contributed by atoms with van der Waals surface area (Å²) in [5.41, 5.74) is 3.77. The second-order valence-electron chi connectivity index (χ2n) is 9.48. The molecule has 0 spiro atoms. The van der Waals surface area contributed by atoms with Crippen LogP contribution in [0.15, 0.2) is 48.1 Å². The molecule has 0 bridgehead atoms. The van der Waals surface area contributed by atoms with Gasteiger partial charge in [-0.3, -0.25) is 0 Å². The van der Waals surface area contributed by atoms with Crippen molar-refractivity contribution in [1.82, 2.24) is 0 Å². The quantitative estimate of drug-likeness (QED) is 0.553. The SMILES string of the molecule is COc1ccc(C2CC[C@H]3C(=CC[C@@H]4[C@@H]3C=C[C@]3(C)CCC[C@@H]43)C2)cc1. The van der Waals surface area contributed by atoms with Crippen LogP contribution in [0.3, 0.4) is 0 Å². The zero-order chi connectivity index (χ0) is 17.7. The number of rotatable bonds is 2. The topological polar surface area (TPSA) is 9.23 Å². The number of hydrogen-bond acceptors (Lipinski definition) is 1. The van der Waals surface area contributed by atoms with Gasteiger partial charge in [-0.1, -0.05) is 49.3 Å². The molecule has 0 heterocycles. The van der Waals surface area contributed by atoms with Gasteiger partial charge in [-0.25, -0.2) is 0 Å². The molecule has 0 aromatic heterocycles. The molecule has 4 aliphatic carbocycles. The number of fused-ring (bicyclic) bond motifs is 5. The van der Waals surface area contributed by atoms with Gasteiger partial charge in [-0.2, -0.15) is 0 Å². The smallest absolute Gasteiger partial charge is 0.118 e. The number of ether oxygens (including phenoxy) is 1. The van der Waals surface area contributed by atoms with Crippen LogP contribution in [0, 0.1) is 29.1 Å². The lowest BCUT2D eigenvalue weighted by atomic mass is 9.55. The molecule has 1 aromatic carbocycles. The van der Waals surface area contributed by atoms with Crippen LogP contribution < -0.4 is 4.74 Å². The molecule has 0 N–H and O–H groups in total. The Morgan fingerprint density at radius 1 is 1.08 bits per heavy atom. The molecule has 0 aliphatic heterocycles. The van der Waals surface area contributed by atoms with Crippen molar-refractivity contribution in [2.75, 3.05) is 7.11 Å². The van der Waals surface area contributed by atoms with E-state index < -0.39 is 0 Å². The highest BCUT2D eigenvalue weighted by atomic mass is 16.5. The average Bonchev–Trinajstić information content (AvgIpc) is 3.09. The summed E-state index contributed by atoms with van der Waals surface area (Å²) in [6.07, 6.45) is 17.6. The third-order valence-electron chi connectivity index (χ3n) is 8.28. The van der Waals surface area contributed by atoms with E-state index in [0.29, 0.717) is 11.3 Å². The first-order valence-corrected chi connectivity index (χ1v) is 10.7. The molecule has 2 fully saturated rings. The summed E-state index contributed by atoms with van der Waals surface area (Å²) < 4.78 is 5.33. The van der Waals surface area contributed by atoms with Crippen molar-refractivity contribution in [1.29, 1.82) is 0 Å². The van der Waals surface area contributed by atoms with Crippen molar-refractivity contribution in [3.8, 4) is 5.75 Å². The van der Waals surface area contributed by atoms with Gasteiger partial charge in [-0.05, 0) is 91.2 Å². The van der Waals surface area contributed by atoms with Gasteiger partial charge in [0.25, 0.3) is 0 Å². The monoisotopic (exact) mass is 348 g/mol. The highest BCUT2D eigenvalue weighted by molar-refractivity contribution is 5.33. The molecule has 0 amide bonds. The van der Waals surface area contributed by atoms with Crippen LogP contribution in [0.25, 0.3) is 0 Å². The van der Waals surface area contributed by atoms with Crippen molar-refractivity contribution in [2.24, 2.45) is 29.1 Å². The Morgan fingerprint density at radius 2 is 1.92 bits per heavy atom. The lowest BCUT2D eigenvalue weighted by Gasteiger charge is -2.49. The van der Waals surface area contributed by atoms with E-state index in [0.717, 1.165) is 29.4 Å². The molecular weight excluding hydrogens is 316 g/mol. The normalized spacial score (nSPS) is 41.0. The number of benzene rings is 1. The Balaban J connectivity index is 1.36. The van der Waals surface area contributed by atoms with Crippen molar-refractivity contribution in [3.63, 3.8) is 0 Å². The fraction of sp³-hybridized carbons (Fsp3) is 0.600. The molecule has 5 rings (SSSR count). The van der Waals surface area contributed by atoms with Crippen molar-refractivity contribution < 1.29 is 4.74 Å². The fourth-order valence-corrected chi connectivity index (χ4v) is 6.85. The molecule has 4 aliphatic rings. The van der Waals surface area contributed by atoms with E-state index in [1.807, 2.05) is 0 Å². The first kappa shape index (κ1) is 16.7. The Hall–Kier alpha value is -1.50. The number of methoxy groups -OCH3 is 1. The van der Waals surface area contributed by atoms with E-state index in [4.69, 9.17) is 4.74 Å². The van der Waals surface area contributed by atoms with Crippen LogP contribution in [0.2, 0.25) is 0 Å². The Bertz CT molecular complexity index is 727. The predicted molar refractivity (Wildman–Crippen MR) is 107 cm³/mol. The van der Waals surface area contributed by atoms with Crippen LogP contribution in [0.4, 0.5) is 0 Å². The molecule has 138 valence electrons. The van der Waals surface area contributed by atoms with Gasteiger partial charge >= 0.3 is 0 Å². The molecule has 0 saturated heterocycles. The van der Waals surface area contributed by atoms with Crippen LogP contribution in [-0.4, -0.2) is 7.11 Å². The summed E-state index contributed by atoms with van der Waals surface area (Å²) in [7, 11) is 1.75. The molecule has 1 heteroatoms. The maximum atomic E-state index is 5.33. The highest BCUT2D eigenvalue weighted by Crippen LogP contribution is 2.59. The van der Waals surface area contributed by atoms with E-state index in [1.165, 1.54) is 50.5 Å². The van der Waals surface area contributed by atoms with Gasteiger partial charge < -0.3 is 4.74 Å². The molecular formula is C25H32O. The molecule has 1 aromatic rings. The van der Waals surface area contributed by atoms with Crippen LogP contribution in [0.5, 0.6) is 5.75 Å². The van der Waals surface area contributed by atoms with Gasteiger partial charge in [0.05, 0.1) is 7.11 Å². The molecule has 6 atom stereocenters. The first-order valence-electron chi connectivity index (χ1n) is 10.7. The summed E-state index contributed by atoms with van der Waals surface area (Å²) in [4.78, 5) is 0. The summed E-state index contributed by atoms with van der Waals surface area (Å²) in [6.45, 7) is 2.52. The lowest BCUT2D eigenvalue weighted by molar-refractivity contribution is 0.107. The summed E-state index contributed by atoms with van der Waals surface area (Å²) in [5, 5.41) is 0. The minimum atomic E-state index is 0.507. The summed E-state index contributed by atoms with van der Waals surface area (Å²) >= 11 is 0. The van der Waals surface area contributed by atoms with E-state index in [-0.39, 0.29) is 0 Å². The zero-order valence-electron chi connectivity index (χ0n) is 16.3. The fourth-order valence-electron chi connectivity index (χ4n) is 6.85. The van der Waals surface area contributed by atoms with Gasteiger partial charge in [0.1, 0.15) is 5.75 Å². The number of allylic oxidation sites excluding steroid dienone is 4. The number of hydrogen-bond donors (Lipinski definition) is 0. The molecule has 26 heavy (non-hydrogen) atoms. The largest absolute Gasteiger partial charge is 0.497 e. The van der Waals surface area contributed by atoms with Gasteiger partial charge in [-0.15, -0.1) is 0 Å². The third-order valence-corrected chi connectivity index (χ3v) is 8.28. The standard InChI is InChI=1S/C25H32O/c1-25-14-3-4-24(25)23-12-8-19-16-18(7-11-21(19)22(23)13-15-25)17-5-9-20(26-2)10-6-17/h5-6,8-10,13,15,18,21-24H,3-4,7,11-12,14,16H2,1-2H3/t18?,21-,22+,23+,24-,25-/m0/s1. The summed E-state index contributed by atoms with van der Waals surface area (Å²) in [5.74, 6) is 5.17. The minimum Gasteiger partial charge on any atom is -0.497 e. The van der Waals surface area contributed by atoms with Crippen LogP contribution in [0.1, 0.15) is 63.4 Å². The minimum absolute atomic E-state index is 0.507. The van der Waals surface area contributed by atoms with E-state index in [1.54, 1.807) is 12.7 Å². The Morgan fingerprint density at radius 3 is 2.73 bits per heavy atom. The zero-order valence-corrected chi connectivity index (χ0v) is 16.3. The van der Waals surface area contributed by atoms with Crippen LogP contribution in [-0.2, 0) is 0 Å². The van der Waals surface area contributed by atoms with E-state index in [2.05, 4.69) is 49.4 Å². The lowest BCUT2D eigenvalue weighted by Crippen LogP contribution is -2.41. The second kappa shape index (κ2) is 6.29. The van der Waals surface area contributed by atoms with Gasteiger partial charge in [0.2, 0.25) is 0 Å². The van der Waals surface area contributed by atoms with Crippen molar-refractivity contribution in [2.45, 2.75) is 57.8 Å². The van der Waals surface area contributed by atoms with Gasteiger partial charge in [0.15, 0.2) is 0 Å². The molecule has 2 saturated carbocycles. The van der Waals surface area contributed by atoms with Crippen molar-refractivity contribution in [3.05, 3.63) is 53.6 Å². The summed E-state index contributed by atoms with van der Waals surface area (Å²) in [6, 6.07) is 8.80. The predicted octanol–water partition coefficient (Wildman–Crippen LogP) is 6.52. The molecule has 1 unspecified atom stereocenters. The van der Waals surface area contributed by atoms with E-state index >= 15 is 0 Å². The average molecular weight is 349 g/mol. The first-order chi connectivity index (χ1) is 12.7. The molecule has 0 radical (unpaired) electrons. The Labute approximate surface area is 158 Å². The third kappa shape index (κ3) is 2.58. The highest BCUT2D eigenvalue weighted by Gasteiger charge is 2.49. The second-order valence-corrected chi connectivity index (χ2v) is 9.48. The van der Waals surface area contributed by atoms with Crippen molar-refractivity contribution >= 4 is 0 Å². The van der Waals surface area contributed by atoms with Gasteiger partial charge in [0, 0.05) is 0 Å².